The van der Waals surface area contributed by atoms with E-state index >= 15 is 0 Å². The van der Waals surface area contributed by atoms with E-state index < -0.39 is 15.1 Å². The molecule has 1 aromatic rings. The summed E-state index contributed by atoms with van der Waals surface area (Å²) < 4.78 is 23.4. The van der Waals surface area contributed by atoms with Gasteiger partial charge in [0.2, 0.25) is 0 Å². The monoisotopic (exact) mass is 308 g/mol. The molecule has 21 heavy (non-hydrogen) atoms. The molecule has 1 aromatic carbocycles. The summed E-state index contributed by atoms with van der Waals surface area (Å²) in [6.45, 7) is 0.216. The predicted molar refractivity (Wildman–Crippen MR) is 81.0 cm³/mol. The molecule has 0 radical (unpaired) electrons. The first-order valence-corrected chi connectivity index (χ1v) is 9.09. The Bertz CT molecular complexity index is 617. The quantitative estimate of drug-likeness (QED) is 0.876. The molecule has 1 aliphatic heterocycles. The SMILES string of the molecule is O=C(NC[C@H]1CCCS1(=O)=O)NC1Cc2ccccc2C1. The third-order valence-corrected chi connectivity index (χ3v) is 6.62. The minimum absolute atomic E-state index is 0.0996. The fourth-order valence-corrected chi connectivity index (χ4v) is 4.96. The molecular formula is C15H20N2O3S. The number of benzene rings is 1. The Kier molecular flexibility index (Phi) is 3.89. The maximum absolute atomic E-state index is 11.9. The van der Waals surface area contributed by atoms with Crippen LogP contribution in [0.5, 0.6) is 0 Å². The summed E-state index contributed by atoms with van der Waals surface area (Å²) in [5, 5.41) is 5.22. The van der Waals surface area contributed by atoms with Crippen LogP contribution in [0.15, 0.2) is 24.3 Å². The van der Waals surface area contributed by atoms with Gasteiger partial charge in [-0.05, 0) is 36.8 Å². The van der Waals surface area contributed by atoms with Crippen LogP contribution in [0.1, 0.15) is 24.0 Å². The van der Waals surface area contributed by atoms with E-state index in [1.54, 1.807) is 0 Å². The number of nitrogens with one attached hydrogen (secondary N) is 2. The molecule has 5 nitrogen and oxygen atoms in total. The van der Waals surface area contributed by atoms with Crippen LogP contribution in [-0.4, -0.2) is 38.0 Å². The number of sulfone groups is 1. The highest BCUT2D eigenvalue weighted by atomic mass is 32.2. The minimum Gasteiger partial charge on any atom is -0.337 e. The molecule has 1 atom stereocenters. The van der Waals surface area contributed by atoms with E-state index in [2.05, 4.69) is 22.8 Å². The zero-order valence-corrected chi connectivity index (χ0v) is 12.7. The van der Waals surface area contributed by atoms with Crippen LogP contribution in [0.2, 0.25) is 0 Å². The Morgan fingerprint density at radius 2 is 1.86 bits per heavy atom. The molecule has 1 heterocycles. The van der Waals surface area contributed by atoms with E-state index in [1.165, 1.54) is 11.1 Å². The summed E-state index contributed by atoms with van der Waals surface area (Å²) in [5.41, 5.74) is 2.56. The molecule has 1 saturated heterocycles. The fourth-order valence-electron chi connectivity index (χ4n) is 3.19. The van der Waals surface area contributed by atoms with E-state index in [9.17, 15) is 13.2 Å². The van der Waals surface area contributed by atoms with E-state index in [0.717, 1.165) is 12.8 Å². The van der Waals surface area contributed by atoms with Crippen molar-refractivity contribution in [3.63, 3.8) is 0 Å². The van der Waals surface area contributed by atoms with E-state index in [1.807, 2.05) is 12.1 Å². The zero-order valence-electron chi connectivity index (χ0n) is 11.8. The fraction of sp³-hybridized carbons (Fsp3) is 0.533. The maximum atomic E-state index is 11.9. The predicted octanol–water partition coefficient (Wildman–Crippen LogP) is 1.03. The highest BCUT2D eigenvalue weighted by Crippen LogP contribution is 2.21. The Morgan fingerprint density at radius 3 is 2.43 bits per heavy atom. The van der Waals surface area contributed by atoms with Crippen molar-refractivity contribution in [3.05, 3.63) is 35.4 Å². The molecular weight excluding hydrogens is 288 g/mol. The molecule has 2 aliphatic rings. The molecule has 0 spiro atoms. The summed E-state index contributed by atoms with van der Waals surface area (Å²) in [4.78, 5) is 11.9. The van der Waals surface area contributed by atoms with Crippen LogP contribution in [-0.2, 0) is 22.7 Å². The van der Waals surface area contributed by atoms with Gasteiger partial charge in [-0.15, -0.1) is 0 Å². The lowest BCUT2D eigenvalue weighted by Gasteiger charge is -2.15. The van der Waals surface area contributed by atoms with Crippen molar-refractivity contribution in [1.82, 2.24) is 10.6 Å². The number of carbonyl (C=O) groups is 1. The van der Waals surface area contributed by atoms with Gasteiger partial charge in [0.1, 0.15) is 0 Å². The van der Waals surface area contributed by atoms with Crippen LogP contribution >= 0.6 is 0 Å². The van der Waals surface area contributed by atoms with Gasteiger partial charge >= 0.3 is 6.03 Å². The van der Waals surface area contributed by atoms with E-state index in [4.69, 9.17) is 0 Å². The number of urea groups is 1. The van der Waals surface area contributed by atoms with Gasteiger partial charge in [-0.1, -0.05) is 24.3 Å². The van der Waals surface area contributed by atoms with Crippen LogP contribution < -0.4 is 10.6 Å². The lowest BCUT2D eigenvalue weighted by molar-refractivity contribution is 0.237. The van der Waals surface area contributed by atoms with Crippen molar-refractivity contribution in [2.24, 2.45) is 0 Å². The second kappa shape index (κ2) is 5.67. The van der Waals surface area contributed by atoms with Gasteiger partial charge < -0.3 is 10.6 Å². The maximum Gasteiger partial charge on any atom is 0.315 e. The first kappa shape index (κ1) is 14.4. The first-order valence-electron chi connectivity index (χ1n) is 7.37. The number of fused-ring (bicyclic) bond motifs is 1. The molecule has 6 heteroatoms. The molecule has 3 rings (SSSR count). The highest BCUT2D eigenvalue weighted by molar-refractivity contribution is 7.92. The lowest BCUT2D eigenvalue weighted by Crippen LogP contribution is -2.45. The summed E-state index contributed by atoms with van der Waals surface area (Å²) in [6, 6.07) is 8.01. The van der Waals surface area contributed by atoms with Crippen molar-refractivity contribution in [1.29, 1.82) is 0 Å². The van der Waals surface area contributed by atoms with Gasteiger partial charge in [0.25, 0.3) is 0 Å². The number of hydrogen-bond donors (Lipinski definition) is 2. The van der Waals surface area contributed by atoms with Gasteiger partial charge in [-0.3, -0.25) is 0 Å². The second-order valence-electron chi connectivity index (χ2n) is 5.86. The Morgan fingerprint density at radius 1 is 1.19 bits per heavy atom. The lowest BCUT2D eigenvalue weighted by atomic mass is 10.1. The Hall–Kier alpha value is -1.56. The molecule has 0 bridgehead atoms. The van der Waals surface area contributed by atoms with Crippen molar-refractivity contribution in [2.75, 3.05) is 12.3 Å². The normalized spacial score (nSPS) is 23.7. The Balaban J connectivity index is 1.48. The molecule has 114 valence electrons. The first-order chi connectivity index (χ1) is 10.0. The second-order valence-corrected chi connectivity index (χ2v) is 8.26. The molecule has 0 unspecified atom stereocenters. The largest absolute Gasteiger partial charge is 0.337 e. The van der Waals surface area contributed by atoms with Crippen molar-refractivity contribution in [3.8, 4) is 0 Å². The summed E-state index contributed by atoms with van der Waals surface area (Å²) in [7, 11) is -3.00. The smallest absolute Gasteiger partial charge is 0.315 e. The van der Waals surface area contributed by atoms with Gasteiger partial charge in [0, 0.05) is 12.6 Å². The van der Waals surface area contributed by atoms with Gasteiger partial charge in [-0.25, -0.2) is 13.2 Å². The number of amides is 2. The molecule has 1 fully saturated rings. The third kappa shape index (κ3) is 3.20. The van der Waals surface area contributed by atoms with Crippen molar-refractivity contribution in [2.45, 2.75) is 37.0 Å². The van der Waals surface area contributed by atoms with Crippen molar-refractivity contribution < 1.29 is 13.2 Å². The average molecular weight is 308 g/mol. The Labute approximate surface area is 125 Å². The van der Waals surface area contributed by atoms with Crippen LogP contribution in [0, 0.1) is 0 Å². The van der Waals surface area contributed by atoms with Crippen molar-refractivity contribution >= 4 is 15.9 Å². The zero-order chi connectivity index (χ0) is 14.9. The summed E-state index contributed by atoms with van der Waals surface area (Å²) in [6.07, 6.45) is 3.03. The van der Waals surface area contributed by atoms with Gasteiger partial charge in [0.15, 0.2) is 9.84 Å². The van der Waals surface area contributed by atoms with Gasteiger partial charge in [0.05, 0.1) is 11.0 Å². The molecule has 1 aliphatic carbocycles. The van der Waals surface area contributed by atoms with Crippen LogP contribution in [0.4, 0.5) is 4.79 Å². The van der Waals surface area contributed by atoms with Crippen LogP contribution in [0.25, 0.3) is 0 Å². The summed E-state index contributed by atoms with van der Waals surface area (Å²) in [5.74, 6) is 0.249. The number of rotatable bonds is 3. The van der Waals surface area contributed by atoms with Gasteiger partial charge in [-0.2, -0.15) is 0 Å². The molecule has 2 N–H and O–H groups in total. The molecule has 2 amide bonds. The third-order valence-electron chi connectivity index (χ3n) is 4.34. The highest BCUT2D eigenvalue weighted by Gasteiger charge is 2.31. The number of hydrogen-bond acceptors (Lipinski definition) is 3. The molecule has 0 saturated carbocycles. The van der Waals surface area contributed by atoms with Crippen LogP contribution in [0.3, 0.4) is 0 Å². The van der Waals surface area contributed by atoms with E-state index in [-0.39, 0.29) is 24.4 Å². The van der Waals surface area contributed by atoms with E-state index in [0.29, 0.717) is 12.8 Å². The minimum atomic E-state index is -3.00. The molecule has 0 aromatic heterocycles. The number of carbonyl (C=O) groups excluding carboxylic acids is 1. The topological polar surface area (TPSA) is 75.3 Å². The summed E-state index contributed by atoms with van der Waals surface area (Å²) >= 11 is 0. The average Bonchev–Trinajstić information content (AvgIpc) is 2.98. The standard InChI is InChI=1S/C15H20N2O3S/c18-15(16-10-14-6-3-7-21(14,19)20)17-13-8-11-4-1-2-5-12(11)9-13/h1-2,4-5,13-14H,3,6-10H2,(H2,16,17,18)/t14-/m1/s1.